The van der Waals surface area contributed by atoms with Crippen molar-refractivity contribution in [2.24, 2.45) is 0 Å². The lowest BCUT2D eigenvalue weighted by Crippen LogP contribution is -2.21. The second-order valence-corrected chi connectivity index (χ2v) is 6.04. The van der Waals surface area contributed by atoms with Gasteiger partial charge < -0.3 is 4.42 Å². The predicted octanol–water partition coefficient (Wildman–Crippen LogP) is 3.23. The molecule has 2 aromatic rings. The summed E-state index contributed by atoms with van der Waals surface area (Å²) in [5.74, 6) is 0.499. The highest BCUT2D eigenvalue weighted by Gasteiger charge is 2.36. The Morgan fingerprint density at radius 2 is 1.73 bits per heavy atom. The number of hydrogen-bond donors (Lipinski definition) is 0. The average molecular weight is 295 g/mol. The van der Waals surface area contributed by atoms with Crippen LogP contribution in [0.4, 0.5) is 0 Å². The molecule has 4 rings (SSSR count). The van der Waals surface area contributed by atoms with Gasteiger partial charge in [0, 0.05) is 16.7 Å². The van der Waals surface area contributed by atoms with Gasteiger partial charge in [-0.15, -0.1) is 0 Å². The minimum absolute atomic E-state index is 0.431. The van der Waals surface area contributed by atoms with E-state index >= 15 is 0 Å². The Labute approximate surface area is 128 Å². The molecule has 0 spiro atoms. The van der Waals surface area contributed by atoms with Crippen molar-refractivity contribution in [3.63, 3.8) is 0 Å². The quantitative estimate of drug-likeness (QED) is 0.798. The zero-order chi connectivity index (χ0) is 15.3. The Hall–Kier alpha value is -2.20. The van der Waals surface area contributed by atoms with Gasteiger partial charge >= 0.3 is 0 Å². The number of benzene rings is 1. The molecule has 0 unspecified atom stereocenters. The second kappa shape index (κ2) is 4.92. The molecular weight excluding hydrogens is 278 g/mol. The van der Waals surface area contributed by atoms with E-state index in [4.69, 9.17) is 4.42 Å². The van der Waals surface area contributed by atoms with Crippen LogP contribution in [-0.2, 0) is 6.54 Å². The number of hydrogen-bond acceptors (Lipinski definition) is 4. The van der Waals surface area contributed by atoms with Gasteiger partial charge in [0.25, 0.3) is 0 Å². The molecule has 2 heterocycles. The summed E-state index contributed by atoms with van der Waals surface area (Å²) in [7, 11) is 0. The van der Waals surface area contributed by atoms with Crippen LogP contribution in [0.25, 0.3) is 11.3 Å². The molecule has 0 radical (unpaired) electrons. The van der Waals surface area contributed by atoms with Gasteiger partial charge in [-0.2, -0.15) is 0 Å². The second-order valence-electron chi connectivity index (χ2n) is 6.04. The topological polar surface area (TPSA) is 50.5 Å². The molecule has 0 N–H and O–H groups in total. The minimum atomic E-state index is -0.442. The lowest BCUT2D eigenvalue weighted by Gasteiger charge is -2.12. The molecular formula is C18H17NO3. The fraction of sp³-hybridized carbons (Fsp3) is 0.333. The Bertz CT molecular complexity index is 782. The normalized spacial score (nSPS) is 17.7. The molecule has 0 bridgehead atoms. The Kier molecular flexibility index (Phi) is 3.01. The maximum Gasteiger partial charge on any atom is 0.237 e. The fourth-order valence-electron chi connectivity index (χ4n) is 3.43. The first-order chi connectivity index (χ1) is 10.7. The van der Waals surface area contributed by atoms with E-state index in [1.807, 2.05) is 19.1 Å². The van der Waals surface area contributed by atoms with E-state index in [-0.39, 0.29) is 0 Å². The molecule has 22 heavy (non-hydrogen) atoms. The summed E-state index contributed by atoms with van der Waals surface area (Å²) >= 11 is 0. The summed E-state index contributed by atoms with van der Waals surface area (Å²) in [6, 6.07) is 7.18. The van der Waals surface area contributed by atoms with Crippen LogP contribution in [0.1, 0.15) is 44.9 Å². The van der Waals surface area contributed by atoms with Crippen molar-refractivity contribution in [2.45, 2.75) is 26.3 Å². The first-order valence-corrected chi connectivity index (χ1v) is 7.70. The molecule has 0 saturated carbocycles. The van der Waals surface area contributed by atoms with Gasteiger partial charge in [0.05, 0.1) is 12.1 Å². The molecule has 4 nitrogen and oxygen atoms in total. The smallest absolute Gasteiger partial charge is 0.237 e. The molecule has 1 aromatic carbocycles. The first-order valence-electron chi connectivity index (χ1n) is 7.70. The summed E-state index contributed by atoms with van der Waals surface area (Å²) in [6.07, 6.45) is 2.42. The van der Waals surface area contributed by atoms with Crippen LogP contribution in [0, 0.1) is 6.92 Å². The molecule has 4 heteroatoms. The molecule has 1 aromatic heterocycles. The minimum Gasteiger partial charge on any atom is -0.459 e. The van der Waals surface area contributed by atoms with E-state index in [1.54, 1.807) is 12.1 Å². The van der Waals surface area contributed by atoms with Crippen LogP contribution in [0.3, 0.4) is 0 Å². The van der Waals surface area contributed by atoms with Gasteiger partial charge in [-0.3, -0.25) is 14.5 Å². The number of carbonyl (C=O) groups is 2. The zero-order valence-corrected chi connectivity index (χ0v) is 12.5. The maximum atomic E-state index is 12.4. The van der Waals surface area contributed by atoms with E-state index in [0.717, 1.165) is 30.0 Å². The van der Waals surface area contributed by atoms with Crippen molar-refractivity contribution < 1.29 is 14.0 Å². The van der Waals surface area contributed by atoms with Crippen molar-refractivity contribution in [3.05, 3.63) is 46.7 Å². The Balaban J connectivity index is 1.84. The van der Waals surface area contributed by atoms with E-state index in [1.165, 1.54) is 12.8 Å². The summed E-state index contributed by atoms with van der Waals surface area (Å²) in [6.45, 7) is 4.72. The maximum absolute atomic E-state index is 12.4. The summed E-state index contributed by atoms with van der Waals surface area (Å²) < 4.78 is 6.03. The molecule has 1 saturated heterocycles. The van der Waals surface area contributed by atoms with Crippen molar-refractivity contribution in [1.82, 2.24) is 4.90 Å². The molecule has 0 atom stereocenters. The predicted molar refractivity (Wildman–Crippen MR) is 82.1 cm³/mol. The molecule has 112 valence electrons. The number of furan rings is 1. The standard InChI is InChI=1S/C18H17NO3/c1-11-14(10-19-8-4-5-9-19)22-18-13-7-3-2-6-12(13)16(20)17(21)15(11)18/h2-3,6-7H,4-5,8-10H2,1H3. The summed E-state index contributed by atoms with van der Waals surface area (Å²) in [5.41, 5.74) is 2.45. The van der Waals surface area contributed by atoms with Gasteiger partial charge in [-0.1, -0.05) is 24.3 Å². The van der Waals surface area contributed by atoms with Gasteiger partial charge in [-0.05, 0) is 32.9 Å². The first kappa shape index (κ1) is 13.5. The zero-order valence-electron chi connectivity index (χ0n) is 12.5. The number of likely N-dealkylation sites (tertiary alicyclic amines) is 1. The van der Waals surface area contributed by atoms with Crippen molar-refractivity contribution in [1.29, 1.82) is 0 Å². The number of fused-ring (bicyclic) bond motifs is 3. The Morgan fingerprint density at radius 1 is 1.05 bits per heavy atom. The highest BCUT2D eigenvalue weighted by Crippen LogP contribution is 2.38. The number of carbonyl (C=O) groups excluding carboxylic acids is 2. The molecule has 2 aliphatic rings. The number of ketones is 2. The van der Waals surface area contributed by atoms with Crippen LogP contribution < -0.4 is 0 Å². The third kappa shape index (κ3) is 1.87. The average Bonchev–Trinajstić information content (AvgIpc) is 3.14. The van der Waals surface area contributed by atoms with Crippen molar-refractivity contribution >= 4 is 11.6 Å². The van der Waals surface area contributed by atoms with Crippen molar-refractivity contribution in [2.75, 3.05) is 13.1 Å². The van der Waals surface area contributed by atoms with Gasteiger partial charge in [0.2, 0.25) is 11.6 Å². The molecule has 1 aliphatic carbocycles. The number of nitrogens with zero attached hydrogens (tertiary/aromatic N) is 1. The van der Waals surface area contributed by atoms with Gasteiger partial charge in [-0.25, -0.2) is 0 Å². The van der Waals surface area contributed by atoms with Gasteiger partial charge in [0.15, 0.2) is 0 Å². The Morgan fingerprint density at radius 3 is 2.45 bits per heavy atom. The van der Waals surface area contributed by atoms with Crippen molar-refractivity contribution in [3.8, 4) is 11.3 Å². The third-order valence-electron chi connectivity index (χ3n) is 4.66. The summed E-state index contributed by atoms with van der Waals surface area (Å²) in [4.78, 5) is 27.0. The molecule has 0 amide bonds. The molecule has 1 fully saturated rings. The molecule has 1 aliphatic heterocycles. The van der Waals surface area contributed by atoms with Crippen LogP contribution in [0.2, 0.25) is 0 Å². The monoisotopic (exact) mass is 295 g/mol. The van der Waals surface area contributed by atoms with Crippen LogP contribution in [0.5, 0.6) is 0 Å². The van der Waals surface area contributed by atoms with E-state index in [2.05, 4.69) is 4.90 Å². The van der Waals surface area contributed by atoms with Crippen LogP contribution in [0.15, 0.2) is 28.7 Å². The highest BCUT2D eigenvalue weighted by molar-refractivity contribution is 6.53. The largest absolute Gasteiger partial charge is 0.459 e. The third-order valence-corrected chi connectivity index (χ3v) is 4.66. The van der Waals surface area contributed by atoms with E-state index in [0.29, 0.717) is 23.4 Å². The SMILES string of the molecule is Cc1c(CN2CCCC2)oc2c1C(=O)C(=O)c1ccccc1-2. The van der Waals surface area contributed by atoms with E-state index < -0.39 is 11.6 Å². The van der Waals surface area contributed by atoms with Crippen LogP contribution >= 0.6 is 0 Å². The lowest BCUT2D eigenvalue weighted by atomic mass is 9.87. The van der Waals surface area contributed by atoms with E-state index in [9.17, 15) is 9.59 Å². The highest BCUT2D eigenvalue weighted by atomic mass is 16.3. The fourth-order valence-corrected chi connectivity index (χ4v) is 3.43. The van der Waals surface area contributed by atoms with Crippen LogP contribution in [-0.4, -0.2) is 29.6 Å². The number of Topliss-reactive ketones (excluding diaryl/α,β-unsaturated/α-hetero) is 2. The summed E-state index contributed by atoms with van der Waals surface area (Å²) in [5, 5.41) is 0. The lowest BCUT2D eigenvalue weighted by molar-refractivity contribution is 0.0814. The number of rotatable bonds is 2. The van der Waals surface area contributed by atoms with Gasteiger partial charge in [0.1, 0.15) is 11.5 Å².